The smallest absolute Gasteiger partial charge is 0.123 e. The van der Waals surface area contributed by atoms with Crippen LogP contribution in [0.5, 0.6) is 11.5 Å². The lowest BCUT2D eigenvalue weighted by molar-refractivity contribution is 0.394. The van der Waals surface area contributed by atoms with E-state index < -0.39 is 0 Å². The van der Waals surface area contributed by atoms with Crippen molar-refractivity contribution in [2.45, 2.75) is 0 Å². The molecule has 0 atom stereocenters. The quantitative estimate of drug-likeness (QED) is 0.733. The van der Waals surface area contributed by atoms with Crippen LogP contribution in [0.15, 0.2) is 48.7 Å². The molecule has 0 saturated heterocycles. The van der Waals surface area contributed by atoms with Gasteiger partial charge in [0.05, 0.1) is 25.9 Å². The van der Waals surface area contributed by atoms with Crippen molar-refractivity contribution in [1.82, 2.24) is 4.98 Å². The maximum atomic E-state index is 9.58. The van der Waals surface area contributed by atoms with Crippen LogP contribution in [0.3, 0.4) is 0 Å². The zero-order valence-corrected chi connectivity index (χ0v) is 13.0. The van der Waals surface area contributed by atoms with Crippen molar-refractivity contribution in [3.8, 4) is 17.6 Å². The molecule has 0 saturated carbocycles. The van der Waals surface area contributed by atoms with Crippen LogP contribution in [0.25, 0.3) is 22.6 Å². The van der Waals surface area contributed by atoms with Crippen molar-refractivity contribution < 1.29 is 9.47 Å². The summed E-state index contributed by atoms with van der Waals surface area (Å²) in [4.78, 5) is 3.19. The summed E-state index contributed by atoms with van der Waals surface area (Å²) in [6.45, 7) is 0. The topological polar surface area (TPSA) is 58.0 Å². The number of fused-ring (bicyclic) bond motifs is 1. The summed E-state index contributed by atoms with van der Waals surface area (Å²) in [6, 6.07) is 15.7. The van der Waals surface area contributed by atoms with Gasteiger partial charge >= 0.3 is 0 Å². The second-order valence-electron chi connectivity index (χ2n) is 5.06. The highest BCUT2D eigenvalue weighted by Crippen LogP contribution is 2.29. The summed E-state index contributed by atoms with van der Waals surface area (Å²) < 4.78 is 10.6. The van der Waals surface area contributed by atoms with E-state index in [0.717, 1.165) is 22.0 Å². The SMILES string of the molecule is COc1cc(/C=C(\C#N)c2c[nH]c3ccccc23)cc(OC)c1. The summed E-state index contributed by atoms with van der Waals surface area (Å²) in [7, 11) is 3.21. The Balaban J connectivity index is 2.11. The minimum absolute atomic E-state index is 0.581. The molecule has 0 fully saturated rings. The maximum Gasteiger partial charge on any atom is 0.123 e. The standard InChI is InChI=1S/C19H16N2O2/c1-22-15-8-13(9-16(10-15)23-2)7-14(11-20)18-12-21-19-6-4-3-5-17(18)19/h3-10,12,21H,1-2H3/b14-7+. The van der Waals surface area contributed by atoms with Gasteiger partial charge < -0.3 is 14.5 Å². The van der Waals surface area contributed by atoms with Crippen LogP contribution in [0.4, 0.5) is 0 Å². The van der Waals surface area contributed by atoms with Gasteiger partial charge in [-0.3, -0.25) is 0 Å². The first kappa shape index (κ1) is 14.7. The van der Waals surface area contributed by atoms with Crippen LogP contribution in [0.1, 0.15) is 11.1 Å². The molecule has 0 aliphatic rings. The van der Waals surface area contributed by atoms with Gasteiger partial charge in [-0.2, -0.15) is 5.26 Å². The molecule has 0 amide bonds. The summed E-state index contributed by atoms with van der Waals surface area (Å²) in [5, 5.41) is 10.6. The molecule has 0 unspecified atom stereocenters. The number of aromatic amines is 1. The number of methoxy groups -OCH3 is 2. The summed E-state index contributed by atoms with van der Waals surface area (Å²) >= 11 is 0. The molecule has 3 rings (SSSR count). The molecule has 0 radical (unpaired) electrons. The van der Waals surface area contributed by atoms with Gasteiger partial charge in [0, 0.05) is 28.7 Å². The van der Waals surface area contributed by atoms with Gasteiger partial charge in [0.2, 0.25) is 0 Å². The first-order valence-corrected chi connectivity index (χ1v) is 7.16. The largest absolute Gasteiger partial charge is 0.497 e. The van der Waals surface area contributed by atoms with Gasteiger partial charge in [0.25, 0.3) is 0 Å². The molecule has 4 nitrogen and oxygen atoms in total. The molecule has 4 heteroatoms. The van der Waals surface area contributed by atoms with Crippen LogP contribution in [-0.4, -0.2) is 19.2 Å². The lowest BCUT2D eigenvalue weighted by atomic mass is 10.0. The molecule has 114 valence electrons. The maximum absolute atomic E-state index is 9.58. The lowest BCUT2D eigenvalue weighted by Crippen LogP contribution is -1.89. The van der Waals surface area contributed by atoms with E-state index in [-0.39, 0.29) is 0 Å². The van der Waals surface area contributed by atoms with Crippen molar-refractivity contribution in [1.29, 1.82) is 5.26 Å². The molecule has 0 aliphatic heterocycles. The second-order valence-corrected chi connectivity index (χ2v) is 5.06. The van der Waals surface area contributed by atoms with Crippen molar-refractivity contribution in [2.24, 2.45) is 0 Å². The van der Waals surface area contributed by atoms with E-state index in [1.807, 2.05) is 48.7 Å². The van der Waals surface area contributed by atoms with E-state index >= 15 is 0 Å². The Morgan fingerprint density at radius 3 is 2.43 bits per heavy atom. The first-order valence-electron chi connectivity index (χ1n) is 7.16. The minimum Gasteiger partial charge on any atom is -0.497 e. The van der Waals surface area contributed by atoms with E-state index in [9.17, 15) is 5.26 Å². The van der Waals surface area contributed by atoms with Gasteiger partial charge in [-0.1, -0.05) is 18.2 Å². The predicted molar refractivity (Wildman–Crippen MR) is 91.3 cm³/mol. The predicted octanol–water partition coefficient (Wildman–Crippen LogP) is 4.25. The van der Waals surface area contributed by atoms with Crippen molar-refractivity contribution in [3.63, 3.8) is 0 Å². The molecule has 0 aliphatic carbocycles. The highest BCUT2D eigenvalue weighted by molar-refractivity contribution is 6.01. The van der Waals surface area contributed by atoms with E-state index in [1.54, 1.807) is 20.3 Å². The van der Waals surface area contributed by atoms with E-state index in [2.05, 4.69) is 11.1 Å². The minimum atomic E-state index is 0.581. The van der Waals surface area contributed by atoms with Crippen LogP contribution in [0, 0.1) is 11.3 Å². The van der Waals surface area contributed by atoms with Gasteiger partial charge in [-0.15, -0.1) is 0 Å². The van der Waals surface area contributed by atoms with E-state index in [1.165, 1.54) is 0 Å². The lowest BCUT2D eigenvalue weighted by Gasteiger charge is -2.06. The molecule has 0 spiro atoms. The molecule has 2 aromatic carbocycles. The third kappa shape index (κ3) is 2.90. The summed E-state index contributed by atoms with van der Waals surface area (Å²) in [6.07, 6.45) is 3.69. The number of nitrogens with zero attached hydrogens (tertiary/aromatic N) is 1. The van der Waals surface area contributed by atoms with Crippen molar-refractivity contribution >= 4 is 22.6 Å². The fourth-order valence-electron chi connectivity index (χ4n) is 2.54. The Morgan fingerprint density at radius 2 is 1.78 bits per heavy atom. The molecule has 1 N–H and O–H groups in total. The number of para-hydroxylation sites is 1. The monoisotopic (exact) mass is 304 g/mol. The number of allylic oxidation sites excluding steroid dienone is 1. The second kappa shape index (κ2) is 6.29. The average Bonchev–Trinajstić information content (AvgIpc) is 3.03. The van der Waals surface area contributed by atoms with Crippen molar-refractivity contribution in [3.05, 3.63) is 59.8 Å². The zero-order valence-electron chi connectivity index (χ0n) is 13.0. The normalized spacial score (nSPS) is 11.3. The highest BCUT2D eigenvalue weighted by Gasteiger charge is 2.09. The molecule has 1 heterocycles. The number of H-pyrrole nitrogens is 1. The van der Waals surface area contributed by atoms with Crippen LogP contribution in [0.2, 0.25) is 0 Å². The van der Waals surface area contributed by atoms with Gasteiger partial charge in [0.15, 0.2) is 0 Å². The number of hydrogen-bond donors (Lipinski definition) is 1. The van der Waals surface area contributed by atoms with Crippen LogP contribution >= 0.6 is 0 Å². The molecular formula is C19H16N2O2. The third-order valence-electron chi connectivity index (χ3n) is 3.68. The fourth-order valence-corrected chi connectivity index (χ4v) is 2.54. The Hall–Kier alpha value is -3.19. The van der Waals surface area contributed by atoms with Gasteiger partial charge in [0.1, 0.15) is 11.5 Å². The zero-order chi connectivity index (χ0) is 16.2. The molecule has 0 bridgehead atoms. The van der Waals surface area contributed by atoms with E-state index in [0.29, 0.717) is 17.1 Å². The number of ether oxygens (including phenoxy) is 2. The molecule has 3 aromatic rings. The Morgan fingerprint density at radius 1 is 1.09 bits per heavy atom. The third-order valence-corrected chi connectivity index (χ3v) is 3.68. The van der Waals surface area contributed by atoms with E-state index in [4.69, 9.17) is 9.47 Å². The number of rotatable bonds is 4. The highest BCUT2D eigenvalue weighted by atomic mass is 16.5. The number of nitrogens with one attached hydrogen (secondary N) is 1. The Bertz CT molecular complexity index is 894. The Labute approximate surface area is 134 Å². The molecular weight excluding hydrogens is 288 g/mol. The van der Waals surface area contributed by atoms with Gasteiger partial charge in [-0.05, 0) is 29.8 Å². The van der Waals surface area contributed by atoms with Gasteiger partial charge in [-0.25, -0.2) is 0 Å². The summed E-state index contributed by atoms with van der Waals surface area (Å²) in [5.74, 6) is 1.37. The molecule has 1 aromatic heterocycles. The average molecular weight is 304 g/mol. The van der Waals surface area contributed by atoms with Crippen LogP contribution < -0.4 is 9.47 Å². The summed E-state index contributed by atoms with van der Waals surface area (Å²) in [5.41, 5.74) is 3.32. The Kier molecular flexibility index (Phi) is 4.03. The van der Waals surface area contributed by atoms with Crippen LogP contribution in [-0.2, 0) is 0 Å². The fraction of sp³-hybridized carbons (Fsp3) is 0.105. The first-order chi connectivity index (χ1) is 11.2. The number of hydrogen-bond acceptors (Lipinski definition) is 3. The van der Waals surface area contributed by atoms with Crippen molar-refractivity contribution in [2.75, 3.05) is 14.2 Å². The number of benzene rings is 2. The molecule has 23 heavy (non-hydrogen) atoms. The number of aromatic nitrogens is 1. The number of nitriles is 1.